The summed E-state index contributed by atoms with van der Waals surface area (Å²) in [4.78, 5) is 22.7. The number of ether oxygens (including phenoxy) is 2. The third kappa shape index (κ3) is 5.66. The van der Waals surface area contributed by atoms with E-state index in [1.165, 1.54) is 31.5 Å². The molecule has 0 aliphatic carbocycles. The highest BCUT2D eigenvalue weighted by molar-refractivity contribution is 5.95. The quantitative estimate of drug-likeness (QED) is 0.334. The summed E-state index contributed by atoms with van der Waals surface area (Å²) in [6, 6.07) is 19.3. The van der Waals surface area contributed by atoms with E-state index in [9.17, 15) is 14.9 Å². The van der Waals surface area contributed by atoms with Gasteiger partial charge in [0.1, 0.15) is 6.61 Å². The molecule has 0 unspecified atom stereocenters. The number of hydrazone groups is 1. The Morgan fingerprint density at radius 3 is 2.58 bits per heavy atom. The van der Waals surface area contributed by atoms with Crippen molar-refractivity contribution in [3.8, 4) is 11.5 Å². The van der Waals surface area contributed by atoms with Crippen molar-refractivity contribution in [2.75, 3.05) is 7.11 Å². The van der Waals surface area contributed by atoms with Crippen LogP contribution in [0, 0.1) is 17.0 Å². The number of amides is 1. The third-order valence-electron chi connectivity index (χ3n) is 4.47. The zero-order chi connectivity index (χ0) is 22.2. The summed E-state index contributed by atoms with van der Waals surface area (Å²) in [6.45, 7) is 2.02. The number of benzene rings is 3. The van der Waals surface area contributed by atoms with E-state index in [2.05, 4.69) is 10.5 Å². The SMILES string of the molecule is COc1cc(/C=N/NC(=O)c2ccc(C)c([N+](=O)[O-])c2)ccc1OCc1ccccc1. The van der Waals surface area contributed by atoms with Crippen molar-refractivity contribution in [2.24, 2.45) is 5.10 Å². The van der Waals surface area contributed by atoms with Crippen molar-refractivity contribution in [2.45, 2.75) is 13.5 Å². The average molecular weight is 419 g/mol. The minimum atomic E-state index is -0.547. The first-order chi connectivity index (χ1) is 15.0. The van der Waals surface area contributed by atoms with Crippen LogP contribution >= 0.6 is 0 Å². The summed E-state index contributed by atoms with van der Waals surface area (Å²) in [5.41, 5.74) is 4.59. The van der Waals surface area contributed by atoms with Crippen LogP contribution in [0.25, 0.3) is 0 Å². The van der Waals surface area contributed by atoms with Crippen LogP contribution < -0.4 is 14.9 Å². The second kappa shape index (κ2) is 10.0. The summed E-state index contributed by atoms with van der Waals surface area (Å²) >= 11 is 0. The Labute approximate surface area is 179 Å². The number of methoxy groups -OCH3 is 1. The van der Waals surface area contributed by atoms with E-state index in [0.717, 1.165) is 5.56 Å². The molecule has 3 rings (SSSR count). The molecule has 31 heavy (non-hydrogen) atoms. The molecule has 0 spiro atoms. The van der Waals surface area contributed by atoms with Crippen LogP contribution in [0.1, 0.15) is 27.0 Å². The fourth-order valence-electron chi connectivity index (χ4n) is 2.80. The Balaban J connectivity index is 1.65. The molecule has 0 saturated carbocycles. The highest BCUT2D eigenvalue weighted by Gasteiger charge is 2.14. The van der Waals surface area contributed by atoms with Crippen LogP contribution in [0.5, 0.6) is 11.5 Å². The van der Waals surface area contributed by atoms with Gasteiger partial charge in [0, 0.05) is 17.2 Å². The van der Waals surface area contributed by atoms with Crippen LogP contribution in [0.3, 0.4) is 0 Å². The largest absolute Gasteiger partial charge is 0.493 e. The van der Waals surface area contributed by atoms with Gasteiger partial charge in [0.25, 0.3) is 11.6 Å². The number of hydrogen-bond acceptors (Lipinski definition) is 6. The molecule has 1 amide bonds. The van der Waals surface area contributed by atoms with Crippen LogP contribution in [0.4, 0.5) is 5.69 Å². The van der Waals surface area contributed by atoms with E-state index in [-0.39, 0.29) is 11.3 Å². The molecule has 0 aliphatic heterocycles. The molecule has 0 fully saturated rings. The Hall–Kier alpha value is -4.20. The molecule has 0 heterocycles. The zero-order valence-electron chi connectivity index (χ0n) is 17.1. The van der Waals surface area contributed by atoms with Gasteiger partial charge in [0.15, 0.2) is 11.5 Å². The number of rotatable bonds is 8. The van der Waals surface area contributed by atoms with Crippen molar-refractivity contribution < 1.29 is 19.2 Å². The summed E-state index contributed by atoms with van der Waals surface area (Å²) in [5.74, 6) is 0.564. The van der Waals surface area contributed by atoms with E-state index in [1.54, 1.807) is 25.1 Å². The maximum atomic E-state index is 12.2. The molecule has 8 heteroatoms. The van der Waals surface area contributed by atoms with Crippen LogP contribution in [0.2, 0.25) is 0 Å². The van der Waals surface area contributed by atoms with Gasteiger partial charge in [-0.1, -0.05) is 36.4 Å². The first-order valence-corrected chi connectivity index (χ1v) is 9.41. The Kier molecular flexibility index (Phi) is 6.95. The first-order valence-electron chi connectivity index (χ1n) is 9.41. The van der Waals surface area contributed by atoms with Crippen LogP contribution in [-0.4, -0.2) is 24.2 Å². The summed E-state index contributed by atoms with van der Waals surface area (Å²) in [7, 11) is 1.54. The summed E-state index contributed by atoms with van der Waals surface area (Å²) in [5, 5.41) is 15.0. The van der Waals surface area contributed by atoms with Crippen molar-refractivity contribution in [1.82, 2.24) is 5.43 Å². The number of nitrogens with one attached hydrogen (secondary N) is 1. The lowest BCUT2D eigenvalue weighted by Gasteiger charge is -2.11. The summed E-state index contributed by atoms with van der Waals surface area (Å²) < 4.78 is 11.2. The maximum Gasteiger partial charge on any atom is 0.273 e. The lowest BCUT2D eigenvalue weighted by molar-refractivity contribution is -0.385. The third-order valence-corrected chi connectivity index (χ3v) is 4.47. The van der Waals surface area contributed by atoms with Crippen molar-refractivity contribution in [3.05, 3.63) is 99.1 Å². The topological polar surface area (TPSA) is 103 Å². The molecule has 158 valence electrons. The van der Waals surface area contributed by atoms with Crippen molar-refractivity contribution in [3.63, 3.8) is 0 Å². The second-order valence-electron chi connectivity index (χ2n) is 6.64. The lowest BCUT2D eigenvalue weighted by atomic mass is 10.1. The van der Waals surface area contributed by atoms with Gasteiger partial charge in [0.05, 0.1) is 18.2 Å². The van der Waals surface area contributed by atoms with E-state index >= 15 is 0 Å². The molecule has 0 bridgehead atoms. The van der Waals surface area contributed by atoms with Gasteiger partial charge >= 0.3 is 0 Å². The number of nitro benzene ring substituents is 1. The van der Waals surface area contributed by atoms with Gasteiger partial charge in [0.2, 0.25) is 0 Å². The molecular formula is C23H21N3O5. The number of aryl methyl sites for hydroxylation is 1. The molecule has 8 nitrogen and oxygen atoms in total. The fourth-order valence-corrected chi connectivity index (χ4v) is 2.80. The molecule has 3 aromatic carbocycles. The predicted octanol–water partition coefficient (Wildman–Crippen LogP) is 4.25. The van der Waals surface area contributed by atoms with E-state index < -0.39 is 10.8 Å². The van der Waals surface area contributed by atoms with E-state index in [0.29, 0.717) is 29.2 Å². The Bertz CT molecular complexity index is 1110. The predicted molar refractivity (Wildman–Crippen MR) is 117 cm³/mol. The monoisotopic (exact) mass is 419 g/mol. The number of nitrogens with zero attached hydrogens (tertiary/aromatic N) is 2. The highest BCUT2D eigenvalue weighted by Crippen LogP contribution is 2.28. The minimum absolute atomic E-state index is 0.118. The standard InChI is InChI=1S/C23H21N3O5/c1-16-8-10-19(13-20(16)26(28)29)23(27)25-24-14-18-9-11-21(22(12-18)30-2)31-15-17-6-4-3-5-7-17/h3-14H,15H2,1-2H3,(H,25,27)/b24-14+. The number of hydrogen-bond donors (Lipinski definition) is 1. The molecule has 0 aliphatic rings. The molecule has 0 radical (unpaired) electrons. The molecule has 3 aromatic rings. The van der Waals surface area contributed by atoms with Gasteiger partial charge in [-0.25, -0.2) is 5.43 Å². The highest BCUT2D eigenvalue weighted by atomic mass is 16.6. The van der Waals surface area contributed by atoms with Crippen molar-refractivity contribution in [1.29, 1.82) is 0 Å². The molecule has 1 N–H and O–H groups in total. The fraction of sp³-hybridized carbons (Fsp3) is 0.130. The van der Waals surface area contributed by atoms with Gasteiger partial charge in [-0.15, -0.1) is 0 Å². The average Bonchev–Trinajstić information content (AvgIpc) is 2.78. The second-order valence-corrected chi connectivity index (χ2v) is 6.64. The molecule has 0 saturated heterocycles. The molecule has 0 atom stereocenters. The van der Waals surface area contributed by atoms with Gasteiger partial charge < -0.3 is 9.47 Å². The van der Waals surface area contributed by atoms with Crippen molar-refractivity contribution >= 4 is 17.8 Å². The van der Waals surface area contributed by atoms with Crippen LogP contribution in [-0.2, 0) is 6.61 Å². The van der Waals surface area contributed by atoms with E-state index in [4.69, 9.17) is 9.47 Å². The molecule has 0 aromatic heterocycles. The number of carbonyl (C=O) groups excluding carboxylic acids is 1. The zero-order valence-corrected chi connectivity index (χ0v) is 17.1. The maximum absolute atomic E-state index is 12.2. The first kappa shape index (κ1) is 21.5. The van der Waals surface area contributed by atoms with Gasteiger partial charge in [-0.3, -0.25) is 14.9 Å². The lowest BCUT2D eigenvalue weighted by Crippen LogP contribution is -2.17. The van der Waals surface area contributed by atoms with Gasteiger partial charge in [-0.2, -0.15) is 5.10 Å². The molecular weight excluding hydrogens is 398 g/mol. The van der Waals surface area contributed by atoms with Crippen LogP contribution in [0.15, 0.2) is 71.8 Å². The minimum Gasteiger partial charge on any atom is -0.493 e. The normalized spacial score (nSPS) is 10.6. The van der Waals surface area contributed by atoms with E-state index in [1.807, 2.05) is 30.3 Å². The smallest absolute Gasteiger partial charge is 0.273 e. The summed E-state index contributed by atoms with van der Waals surface area (Å²) in [6.07, 6.45) is 1.45. The Morgan fingerprint density at radius 2 is 1.87 bits per heavy atom. The number of carbonyl (C=O) groups is 1. The number of nitro groups is 1. The van der Waals surface area contributed by atoms with Gasteiger partial charge in [-0.05, 0) is 42.3 Å². The Morgan fingerprint density at radius 1 is 1.10 bits per heavy atom.